The fourth-order valence-electron chi connectivity index (χ4n) is 2.22. The van der Waals surface area contributed by atoms with E-state index in [0.717, 1.165) is 11.9 Å². The lowest BCUT2D eigenvalue weighted by atomic mass is 10.2. The van der Waals surface area contributed by atoms with Crippen LogP contribution in [0.4, 0.5) is 5.82 Å². The van der Waals surface area contributed by atoms with Crippen LogP contribution in [0.2, 0.25) is 0 Å². The molecule has 0 amide bonds. The number of nitrogens with one attached hydrogen (secondary N) is 2. The molecule has 0 unspecified atom stereocenters. The normalized spacial score (nSPS) is 12.4. The van der Waals surface area contributed by atoms with Crippen molar-refractivity contribution in [1.29, 1.82) is 0 Å². The number of nitrogens with zero attached hydrogens (tertiary/aromatic N) is 1. The Morgan fingerprint density at radius 3 is 2.00 bits per heavy atom. The molecule has 7 nitrogen and oxygen atoms in total. The maximum absolute atomic E-state index is 12.7. The van der Waals surface area contributed by atoms with Gasteiger partial charge >= 0.3 is 0 Å². The van der Waals surface area contributed by atoms with Crippen molar-refractivity contribution in [3.8, 4) is 0 Å². The van der Waals surface area contributed by atoms with Gasteiger partial charge in [-0.05, 0) is 51.0 Å². The van der Waals surface area contributed by atoms with Crippen molar-refractivity contribution in [3.05, 3.63) is 34.5 Å². The fraction of sp³-hybridized carbons (Fsp3) is 0.357. The Labute approximate surface area is 136 Å². The van der Waals surface area contributed by atoms with Crippen LogP contribution in [0, 0.1) is 27.7 Å². The molecule has 1 aromatic heterocycles. The van der Waals surface area contributed by atoms with Crippen LogP contribution in [0.25, 0.3) is 0 Å². The zero-order chi connectivity index (χ0) is 17.6. The van der Waals surface area contributed by atoms with Crippen molar-refractivity contribution >= 4 is 25.7 Å². The lowest BCUT2D eigenvalue weighted by molar-refractivity contribution is 0.598. The number of rotatable bonds is 4. The summed E-state index contributed by atoms with van der Waals surface area (Å²) >= 11 is 0. The van der Waals surface area contributed by atoms with Gasteiger partial charge in [0.2, 0.25) is 0 Å². The zero-order valence-electron chi connectivity index (χ0n) is 13.6. The van der Waals surface area contributed by atoms with E-state index < -0.39 is 19.9 Å². The minimum atomic E-state index is -3.96. The third-order valence-electron chi connectivity index (χ3n) is 3.63. The smallest absolute Gasteiger partial charge is 0.263 e. The number of sulfonamides is 1. The maximum Gasteiger partial charge on any atom is 0.263 e. The van der Waals surface area contributed by atoms with Gasteiger partial charge < -0.3 is 0 Å². The SMILES string of the molecule is Cc1cc(S(C)(=O)=O)c(C)c(S(=O)(=O)Nc2n[nH]c(C)c2C)c1. The summed E-state index contributed by atoms with van der Waals surface area (Å²) < 4.78 is 51.5. The molecule has 2 aromatic rings. The molecule has 23 heavy (non-hydrogen) atoms. The van der Waals surface area contributed by atoms with E-state index in [1.165, 1.54) is 19.1 Å². The van der Waals surface area contributed by atoms with Crippen LogP contribution in [0.1, 0.15) is 22.4 Å². The molecule has 0 bridgehead atoms. The number of sulfone groups is 1. The second-order valence-electron chi connectivity index (χ2n) is 5.59. The zero-order valence-corrected chi connectivity index (χ0v) is 15.2. The molecule has 0 atom stereocenters. The first-order valence-corrected chi connectivity index (χ1v) is 10.2. The van der Waals surface area contributed by atoms with Gasteiger partial charge in [-0.1, -0.05) is 0 Å². The van der Waals surface area contributed by atoms with Gasteiger partial charge in [-0.15, -0.1) is 0 Å². The molecule has 0 radical (unpaired) electrons. The van der Waals surface area contributed by atoms with E-state index in [1.54, 1.807) is 20.8 Å². The summed E-state index contributed by atoms with van der Waals surface area (Å²) in [5.74, 6) is 0.198. The van der Waals surface area contributed by atoms with Crippen molar-refractivity contribution in [3.63, 3.8) is 0 Å². The summed E-state index contributed by atoms with van der Waals surface area (Å²) in [6.45, 7) is 6.64. The average molecular weight is 357 g/mol. The minimum absolute atomic E-state index is 0.00723. The number of benzene rings is 1. The highest BCUT2D eigenvalue weighted by Crippen LogP contribution is 2.27. The van der Waals surface area contributed by atoms with Crippen LogP contribution in [-0.4, -0.2) is 33.3 Å². The van der Waals surface area contributed by atoms with Gasteiger partial charge in [0.05, 0.1) is 9.79 Å². The van der Waals surface area contributed by atoms with Gasteiger partial charge in [0.25, 0.3) is 10.0 Å². The summed E-state index contributed by atoms with van der Waals surface area (Å²) in [5.41, 5.74) is 2.17. The Balaban J connectivity index is 2.61. The molecule has 2 rings (SSSR count). The molecule has 1 heterocycles. The molecule has 0 saturated heterocycles. The topological polar surface area (TPSA) is 109 Å². The van der Waals surface area contributed by atoms with Crippen LogP contribution in [0.5, 0.6) is 0 Å². The molecule has 1 aromatic carbocycles. The summed E-state index contributed by atoms with van der Waals surface area (Å²) in [6, 6.07) is 2.91. The number of hydrogen-bond acceptors (Lipinski definition) is 5. The second kappa shape index (κ2) is 5.64. The molecule has 2 N–H and O–H groups in total. The quantitative estimate of drug-likeness (QED) is 0.868. The molecular weight excluding hydrogens is 338 g/mol. The number of aromatic nitrogens is 2. The summed E-state index contributed by atoms with van der Waals surface area (Å²) in [6.07, 6.45) is 1.06. The number of aromatic amines is 1. The average Bonchev–Trinajstić information content (AvgIpc) is 2.71. The maximum atomic E-state index is 12.7. The van der Waals surface area contributed by atoms with Gasteiger partial charge in [-0.25, -0.2) is 16.8 Å². The third kappa shape index (κ3) is 3.40. The summed E-state index contributed by atoms with van der Waals surface area (Å²) in [4.78, 5) is -0.0641. The third-order valence-corrected chi connectivity index (χ3v) is 6.32. The predicted molar refractivity (Wildman–Crippen MR) is 87.9 cm³/mol. The Hall–Kier alpha value is -1.87. The lowest BCUT2D eigenvalue weighted by Crippen LogP contribution is -2.17. The molecule has 0 spiro atoms. The summed E-state index contributed by atoms with van der Waals surface area (Å²) in [5, 5.41) is 6.62. The van der Waals surface area contributed by atoms with Crippen molar-refractivity contribution in [2.45, 2.75) is 37.5 Å². The number of anilines is 1. The van der Waals surface area contributed by atoms with E-state index in [9.17, 15) is 16.8 Å². The van der Waals surface area contributed by atoms with Crippen LogP contribution >= 0.6 is 0 Å². The van der Waals surface area contributed by atoms with Crippen molar-refractivity contribution < 1.29 is 16.8 Å². The Kier molecular flexibility index (Phi) is 4.29. The standard InChI is InChI=1S/C14H19N3O4S2/c1-8-6-12(22(5,18)19)10(3)13(7-8)23(20,21)17-14-9(2)11(4)15-16-14/h6-7H,1-5H3,(H2,15,16,17). The van der Waals surface area contributed by atoms with E-state index >= 15 is 0 Å². The first kappa shape index (κ1) is 17.5. The van der Waals surface area contributed by atoms with Gasteiger partial charge in [0.15, 0.2) is 15.7 Å². The Morgan fingerprint density at radius 1 is 0.957 bits per heavy atom. The van der Waals surface area contributed by atoms with Gasteiger partial charge in [0.1, 0.15) is 0 Å². The second-order valence-corrected chi connectivity index (χ2v) is 9.22. The van der Waals surface area contributed by atoms with Crippen molar-refractivity contribution in [2.75, 3.05) is 11.0 Å². The van der Waals surface area contributed by atoms with Crippen molar-refractivity contribution in [1.82, 2.24) is 10.2 Å². The molecule has 0 fully saturated rings. The van der Waals surface area contributed by atoms with Gasteiger partial charge in [0, 0.05) is 17.5 Å². The largest absolute Gasteiger partial charge is 0.280 e. The number of aryl methyl sites for hydroxylation is 2. The van der Waals surface area contributed by atoms with Crippen LogP contribution in [0.3, 0.4) is 0 Å². The first-order chi connectivity index (χ1) is 10.4. The molecule has 0 aliphatic carbocycles. The Morgan fingerprint density at radius 2 is 1.52 bits per heavy atom. The summed E-state index contributed by atoms with van der Waals surface area (Å²) in [7, 11) is -7.49. The fourth-order valence-corrected chi connectivity index (χ4v) is 4.77. The number of hydrogen-bond donors (Lipinski definition) is 2. The van der Waals surface area contributed by atoms with E-state index in [4.69, 9.17) is 0 Å². The minimum Gasteiger partial charge on any atom is -0.280 e. The molecular formula is C14H19N3O4S2. The molecule has 0 saturated carbocycles. The van der Waals surface area contributed by atoms with E-state index in [0.29, 0.717) is 11.1 Å². The van der Waals surface area contributed by atoms with Crippen molar-refractivity contribution in [2.24, 2.45) is 0 Å². The van der Waals surface area contributed by atoms with Crippen LogP contribution in [0.15, 0.2) is 21.9 Å². The number of H-pyrrole nitrogens is 1. The molecule has 9 heteroatoms. The molecule has 0 aliphatic rings. The monoisotopic (exact) mass is 357 g/mol. The molecule has 0 aliphatic heterocycles. The van der Waals surface area contributed by atoms with E-state index in [-0.39, 0.29) is 21.2 Å². The van der Waals surface area contributed by atoms with E-state index in [2.05, 4.69) is 14.9 Å². The first-order valence-electron chi connectivity index (χ1n) is 6.79. The Bertz CT molecular complexity index is 974. The van der Waals surface area contributed by atoms with Gasteiger partial charge in [-0.2, -0.15) is 5.10 Å². The van der Waals surface area contributed by atoms with E-state index in [1.807, 2.05) is 0 Å². The predicted octanol–water partition coefficient (Wildman–Crippen LogP) is 1.85. The molecule has 126 valence electrons. The van der Waals surface area contributed by atoms with Gasteiger partial charge in [-0.3, -0.25) is 9.82 Å². The highest BCUT2D eigenvalue weighted by atomic mass is 32.2. The van der Waals surface area contributed by atoms with Crippen LogP contribution < -0.4 is 4.72 Å². The lowest BCUT2D eigenvalue weighted by Gasteiger charge is -2.13. The highest BCUT2D eigenvalue weighted by molar-refractivity contribution is 7.93. The highest BCUT2D eigenvalue weighted by Gasteiger charge is 2.24. The van der Waals surface area contributed by atoms with Crippen LogP contribution in [-0.2, 0) is 19.9 Å².